The second-order valence-corrected chi connectivity index (χ2v) is 3.33. The zero-order valence-corrected chi connectivity index (χ0v) is 9.55. The molecule has 88 valence electrons. The molecule has 0 atom stereocenters. The number of halogens is 1. The summed E-state index contributed by atoms with van der Waals surface area (Å²) >= 11 is 0. The van der Waals surface area contributed by atoms with E-state index in [4.69, 9.17) is 4.74 Å². The SMILES string of the molecule is CCOC(=O)CCc1cccc(NC)c1F. The number of rotatable bonds is 5. The van der Waals surface area contributed by atoms with Crippen LogP contribution >= 0.6 is 0 Å². The molecule has 4 heteroatoms. The molecule has 1 N–H and O–H groups in total. The minimum Gasteiger partial charge on any atom is -0.466 e. The van der Waals surface area contributed by atoms with Gasteiger partial charge >= 0.3 is 5.97 Å². The van der Waals surface area contributed by atoms with Gasteiger partial charge in [0, 0.05) is 13.5 Å². The van der Waals surface area contributed by atoms with Crippen molar-refractivity contribution in [1.29, 1.82) is 0 Å². The third kappa shape index (κ3) is 3.22. The quantitative estimate of drug-likeness (QED) is 0.782. The zero-order valence-electron chi connectivity index (χ0n) is 9.55. The molecule has 0 aliphatic carbocycles. The van der Waals surface area contributed by atoms with Crippen LogP contribution in [-0.2, 0) is 16.0 Å². The van der Waals surface area contributed by atoms with Gasteiger partial charge in [-0.1, -0.05) is 12.1 Å². The van der Waals surface area contributed by atoms with E-state index < -0.39 is 0 Å². The van der Waals surface area contributed by atoms with E-state index in [9.17, 15) is 9.18 Å². The normalized spacial score (nSPS) is 9.94. The molecule has 3 nitrogen and oxygen atoms in total. The first-order valence-corrected chi connectivity index (χ1v) is 5.29. The summed E-state index contributed by atoms with van der Waals surface area (Å²) in [6, 6.07) is 5.09. The highest BCUT2D eigenvalue weighted by molar-refractivity contribution is 5.69. The van der Waals surface area contributed by atoms with Crippen molar-refractivity contribution in [1.82, 2.24) is 0 Å². The minimum atomic E-state index is -0.297. The lowest BCUT2D eigenvalue weighted by molar-refractivity contribution is -0.143. The van der Waals surface area contributed by atoms with E-state index in [2.05, 4.69) is 5.32 Å². The first kappa shape index (κ1) is 12.5. The Hall–Kier alpha value is -1.58. The number of aryl methyl sites for hydroxylation is 1. The van der Waals surface area contributed by atoms with Crippen molar-refractivity contribution in [2.75, 3.05) is 19.0 Å². The van der Waals surface area contributed by atoms with E-state index >= 15 is 0 Å². The number of esters is 1. The second-order valence-electron chi connectivity index (χ2n) is 3.33. The molecule has 16 heavy (non-hydrogen) atoms. The summed E-state index contributed by atoms with van der Waals surface area (Å²) in [7, 11) is 1.66. The highest BCUT2D eigenvalue weighted by Crippen LogP contribution is 2.18. The van der Waals surface area contributed by atoms with Crippen LogP contribution in [0.2, 0.25) is 0 Å². The molecule has 0 saturated heterocycles. The monoisotopic (exact) mass is 225 g/mol. The van der Waals surface area contributed by atoms with Gasteiger partial charge < -0.3 is 10.1 Å². The summed E-state index contributed by atoms with van der Waals surface area (Å²) in [4.78, 5) is 11.1. The predicted molar refractivity (Wildman–Crippen MR) is 60.9 cm³/mol. The molecule has 1 aromatic carbocycles. The van der Waals surface area contributed by atoms with E-state index in [1.54, 1.807) is 32.2 Å². The van der Waals surface area contributed by atoms with Crippen LogP contribution in [-0.4, -0.2) is 19.6 Å². The van der Waals surface area contributed by atoms with Gasteiger partial charge in [-0.15, -0.1) is 0 Å². The van der Waals surface area contributed by atoms with Crippen LogP contribution in [0.25, 0.3) is 0 Å². The summed E-state index contributed by atoms with van der Waals surface area (Å²) in [5.41, 5.74) is 0.973. The average Bonchev–Trinajstić information content (AvgIpc) is 2.28. The molecule has 0 unspecified atom stereocenters. The zero-order chi connectivity index (χ0) is 12.0. The van der Waals surface area contributed by atoms with Gasteiger partial charge in [0.1, 0.15) is 5.82 Å². The second kappa shape index (κ2) is 6.10. The standard InChI is InChI=1S/C12H16FNO2/c1-3-16-11(15)8-7-9-5-4-6-10(14-2)12(9)13/h4-6,14H,3,7-8H2,1-2H3. The first-order chi connectivity index (χ1) is 7.69. The van der Waals surface area contributed by atoms with Gasteiger partial charge in [-0.3, -0.25) is 4.79 Å². The smallest absolute Gasteiger partial charge is 0.306 e. The van der Waals surface area contributed by atoms with Gasteiger partial charge in [-0.2, -0.15) is 0 Å². The molecule has 1 rings (SSSR count). The van der Waals surface area contributed by atoms with E-state index in [1.165, 1.54) is 0 Å². The lowest BCUT2D eigenvalue weighted by atomic mass is 10.1. The molecule has 1 aromatic rings. The third-order valence-corrected chi connectivity index (χ3v) is 2.25. The van der Waals surface area contributed by atoms with E-state index in [0.29, 0.717) is 24.3 Å². The molecule has 0 saturated carbocycles. The van der Waals surface area contributed by atoms with Gasteiger partial charge in [0.05, 0.1) is 12.3 Å². The number of ether oxygens (including phenoxy) is 1. The molecule has 0 spiro atoms. The van der Waals surface area contributed by atoms with Crippen LogP contribution in [0.5, 0.6) is 0 Å². The van der Waals surface area contributed by atoms with Crippen molar-refractivity contribution in [3.05, 3.63) is 29.6 Å². The predicted octanol–water partition coefficient (Wildman–Crippen LogP) is 2.36. The van der Waals surface area contributed by atoms with Gasteiger partial charge in [0.15, 0.2) is 0 Å². The third-order valence-electron chi connectivity index (χ3n) is 2.25. The Morgan fingerprint density at radius 1 is 1.50 bits per heavy atom. The highest BCUT2D eigenvalue weighted by Gasteiger charge is 2.09. The van der Waals surface area contributed by atoms with Crippen LogP contribution in [0.3, 0.4) is 0 Å². The van der Waals surface area contributed by atoms with Gasteiger partial charge in [0.2, 0.25) is 0 Å². The van der Waals surface area contributed by atoms with E-state index in [0.717, 1.165) is 0 Å². The van der Waals surface area contributed by atoms with Crippen LogP contribution < -0.4 is 5.32 Å². The molecule has 0 amide bonds. The Morgan fingerprint density at radius 3 is 2.88 bits per heavy atom. The summed E-state index contributed by atoms with van der Waals surface area (Å²) in [6.07, 6.45) is 0.568. The van der Waals surface area contributed by atoms with Crippen molar-refractivity contribution < 1.29 is 13.9 Å². The van der Waals surface area contributed by atoms with Crippen LogP contribution in [0.4, 0.5) is 10.1 Å². The highest BCUT2D eigenvalue weighted by atomic mass is 19.1. The molecule has 0 aromatic heterocycles. The number of hydrogen-bond acceptors (Lipinski definition) is 3. The fourth-order valence-corrected chi connectivity index (χ4v) is 1.44. The Labute approximate surface area is 94.6 Å². The molecule has 0 heterocycles. The topological polar surface area (TPSA) is 38.3 Å². The van der Waals surface area contributed by atoms with Gasteiger partial charge in [-0.05, 0) is 25.0 Å². The van der Waals surface area contributed by atoms with Crippen LogP contribution in [0.1, 0.15) is 18.9 Å². The maximum atomic E-state index is 13.7. The molecule has 0 radical (unpaired) electrons. The number of carbonyl (C=O) groups is 1. The van der Waals surface area contributed by atoms with Crippen LogP contribution in [0.15, 0.2) is 18.2 Å². The van der Waals surface area contributed by atoms with Crippen molar-refractivity contribution >= 4 is 11.7 Å². The van der Waals surface area contributed by atoms with E-state index in [1.807, 2.05) is 0 Å². The van der Waals surface area contributed by atoms with Crippen molar-refractivity contribution in [3.63, 3.8) is 0 Å². The Balaban J connectivity index is 2.63. The Kier molecular flexibility index (Phi) is 4.76. The van der Waals surface area contributed by atoms with Gasteiger partial charge in [0.25, 0.3) is 0 Å². The maximum Gasteiger partial charge on any atom is 0.306 e. The Morgan fingerprint density at radius 2 is 2.25 bits per heavy atom. The fourth-order valence-electron chi connectivity index (χ4n) is 1.44. The summed E-state index contributed by atoms with van der Waals surface area (Å²) in [5, 5.41) is 2.76. The molecule has 0 bridgehead atoms. The molecule has 0 aliphatic heterocycles. The maximum absolute atomic E-state index is 13.7. The summed E-state index contributed by atoms with van der Waals surface area (Å²) < 4.78 is 18.5. The number of hydrogen-bond donors (Lipinski definition) is 1. The summed E-state index contributed by atoms with van der Waals surface area (Å²) in [5.74, 6) is -0.592. The molecule has 0 aliphatic rings. The van der Waals surface area contributed by atoms with Crippen LogP contribution in [0, 0.1) is 5.82 Å². The van der Waals surface area contributed by atoms with Crippen molar-refractivity contribution in [2.24, 2.45) is 0 Å². The largest absolute Gasteiger partial charge is 0.466 e. The summed E-state index contributed by atoms with van der Waals surface area (Å²) in [6.45, 7) is 2.11. The van der Waals surface area contributed by atoms with E-state index in [-0.39, 0.29) is 18.2 Å². The average molecular weight is 225 g/mol. The number of nitrogens with one attached hydrogen (secondary N) is 1. The molecular weight excluding hydrogens is 209 g/mol. The van der Waals surface area contributed by atoms with Crippen molar-refractivity contribution in [2.45, 2.75) is 19.8 Å². The lowest BCUT2D eigenvalue weighted by Gasteiger charge is -2.07. The number of benzene rings is 1. The molecular formula is C12H16FNO2. The Bertz CT molecular complexity index is 366. The van der Waals surface area contributed by atoms with Gasteiger partial charge in [-0.25, -0.2) is 4.39 Å². The minimum absolute atomic E-state index is 0.206. The molecule has 0 fully saturated rings. The number of carbonyl (C=O) groups excluding carboxylic acids is 1. The van der Waals surface area contributed by atoms with Crippen molar-refractivity contribution in [3.8, 4) is 0 Å². The first-order valence-electron chi connectivity index (χ1n) is 5.29. The fraction of sp³-hybridized carbons (Fsp3) is 0.417. The number of anilines is 1. The lowest BCUT2D eigenvalue weighted by Crippen LogP contribution is -2.06.